The number of hydrogen-bond donors (Lipinski definition) is 1. The normalized spacial score (nSPS) is 14.8. The Bertz CT molecular complexity index is 386. The van der Waals surface area contributed by atoms with Gasteiger partial charge in [-0.2, -0.15) is 0 Å². The second-order valence-electron chi connectivity index (χ2n) is 3.76. The van der Waals surface area contributed by atoms with Gasteiger partial charge in [-0.1, -0.05) is 17.7 Å². The molecule has 0 spiro atoms. The largest absolute Gasteiger partial charge is 0.309 e. The maximum atomic E-state index is 12.8. The van der Waals surface area contributed by atoms with Crippen LogP contribution in [-0.2, 0) is 17.3 Å². The van der Waals surface area contributed by atoms with E-state index in [4.69, 9.17) is 11.6 Å². The van der Waals surface area contributed by atoms with Crippen LogP contribution in [0.2, 0.25) is 5.02 Å². The van der Waals surface area contributed by atoms with Gasteiger partial charge in [-0.15, -0.1) is 0 Å². The van der Waals surface area contributed by atoms with Gasteiger partial charge >= 0.3 is 0 Å². The Morgan fingerprint density at radius 2 is 2.25 bits per heavy atom. The lowest BCUT2D eigenvalue weighted by molar-refractivity contribution is 0.585. The average molecular weight is 264 g/mol. The van der Waals surface area contributed by atoms with Crippen LogP contribution >= 0.6 is 11.6 Å². The molecule has 0 saturated heterocycles. The summed E-state index contributed by atoms with van der Waals surface area (Å²) >= 11 is 5.88. The quantitative estimate of drug-likeness (QED) is 0.884. The smallest absolute Gasteiger partial charge is 0.124 e. The summed E-state index contributed by atoms with van der Waals surface area (Å²) in [7, 11) is -0.818. The maximum absolute atomic E-state index is 12.8. The Morgan fingerprint density at radius 1 is 1.56 bits per heavy atom. The van der Waals surface area contributed by atoms with E-state index in [-0.39, 0.29) is 11.9 Å². The van der Waals surface area contributed by atoms with Crippen molar-refractivity contribution < 1.29 is 8.60 Å². The highest BCUT2D eigenvalue weighted by molar-refractivity contribution is 7.84. The zero-order chi connectivity index (χ0) is 12.1. The molecule has 0 fully saturated rings. The summed E-state index contributed by atoms with van der Waals surface area (Å²) in [5, 5.41) is 3.60. The van der Waals surface area contributed by atoms with Gasteiger partial charge in [0.25, 0.3) is 0 Å². The molecule has 0 aliphatic rings. The van der Waals surface area contributed by atoms with Crippen molar-refractivity contribution in [1.29, 1.82) is 0 Å². The molecule has 0 aliphatic carbocycles. The summed E-state index contributed by atoms with van der Waals surface area (Å²) in [5.41, 5.74) is 0.844. The predicted molar refractivity (Wildman–Crippen MR) is 66.6 cm³/mol. The van der Waals surface area contributed by atoms with Crippen molar-refractivity contribution in [2.75, 3.05) is 12.0 Å². The molecule has 90 valence electrons. The van der Waals surface area contributed by atoms with Crippen LogP contribution in [0, 0.1) is 5.82 Å². The Morgan fingerprint density at radius 3 is 2.81 bits per heavy atom. The molecule has 5 heteroatoms. The predicted octanol–water partition coefficient (Wildman–Crippen LogP) is 2.34. The molecule has 0 aliphatic heterocycles. The summed E-state index contributed by atoms with van der Waals surface area (Å²) in [5.74, 6) is 0.259. The molecule has 2 unspecified atom stereocenters. The molecule has 0 radical (unpaired) electrons. The lowest BCUT2D eigenvalue weighted by Crippen LogP contribution is -2.30. The van der Waals surface area contributed by atoms with Crippen molar-refractivity contribution in [1.82, 2.24) is 5.32 Å². The molecule has 1 aromatic carbocycles. The van der Waals surface area contributed by atoms with E-state index in [9.17, 15) is 8.60 Å². The minimum absolute atomic E-state index is 0.145. The Hall–Kier alpha value is -0.450. The second-order valence-corrected chi connectivity index (χ2v) is 5.64. The highest BCUT2D eigenvalue weighted by Gasteiger charge is 2.06. The van der Waals surface area contributed by atoms with Crippen molar-refractivity contribution in [2.45, 2.75) is 19.5 Å². The molecule has 0 heterocycles. The number of rotatable bonds is 5. The third-order valence-electron chi connectivity index (χ3n) is 2.14. The van der Waals surface area contributed by atoms with Crippen LogP contribution in [0.5, 0.6) is 0 Å². The summed E-state index contributed by atoms with van der Waals surface area (Å²) in [6, 6.07) is 4.47. The van der Waals surface area contributed by atoms with Gasteiger partial charge in [0.2, 0.25) is 0 Å². The Kier molecular flexibility index (Phi) is 5.38. The fourth-order valence-electron chi connectivity index (χ4n) is 1.36. The van der Waals surface area contributed by atoms with Crippen LogP contribution in [0.1, 0.15) is 12.5 Å². The maximum Gasteiger partial charge on any atom is 0.124 e. The molecule has 1 rings (SSSR count). The van der Waals surface area contributed by atoms with E-state index in [0.29, 0.717) is 17.3 Å². The molecule has 2 atom stereocenters. The lowest BCUT2D eigenvalue weighted by Gasteiger charge is -2.13. The fourth-order valence-corrected chi connectivity index (χ4v) is 2.42. The van der Waals surface area contributed by atoms with Gasteiger partial charge in [-0.3, -0.25) is 4.21 Å². The first-order valence-electron chi connectivity index (χ1n) is 4.96. The molecular weight excluding hydrogens is 249 g/mol. The fraction of sp³-hybridized carbons (Fsp3) is 0.455. The van der Waals surface area contributed by atoms with Crippen molar-refractivity contribution in [3.05, 3.63) is 34.6 Å². The van der Waals surface area contributed by atoms with Crippen molar-refractivity contribution >= 4 is 22.4 Å². The number of nitrogens with one attached hydrogen (secondary N) is 1. The molecule has 0 aromatic heterocycles. The highest BCUT2D eigenvalue weighted by Crippen LogP contribution is 2.16. The van der Waals surface area contributed by atoms with Crippen LogP contribution in [0.4, 0.5) is 4.39 Å². The third-order valence-corrected chi connectivity index (χ3v) is 3.46. The standard InChI is InChI=1S/C11H15ClFNOS/c1-8(7-16(2)15)14-6-9-3-4-10(13)5-11(9)12/h3-5,8,14H,6-7H2,1-2H3. The zero-order valence-corrected chi connectivity index (χ0v) is 10.9. The zero-order valence-electron chi connectivity index (χ0n) is 9.30. The lowest BCUT2D eigenvalue weighted by atomic mass is 10.2. The monoisotopic (exact) mass is 263 g/mol. The van der Waals surface area contributed by atoms with Gasteiger partial charge in [0.15, 0.2) is 0 Å². The van der Waals surface area contributed by atoms with E-state index in [1.165, 1.54) is 12.1 Å². The molecule has 1 aromatic rings. The molecule has 0 amide bonds. The molecule has 2 nitrogen and oxygen atoms in total. The van der Waals surface area contributed by atoms with Gasteiger partial charge in [-0.05, 0) is 24.6 Å². The molecule has 0 saturated carbocycles. The molecule has 1 N–H and O–H groups in total. The van der Waals surface area contributed by atoms with Crippen LogP contribution < -0.4 is 5.32 Å². The SMILES string of the molecule is CC(CS(C)=O)NCc1ccc(F)cc1Cl. The van der Waals surface area contributed by atoms with Gasteiger partial charge in [0.05, 0.1) is 0 Å². The average Bonchev–Trinajstić information content (AvgIpc) is 2.15. The van der Waals surface area contributed by atoms with E-state index in [1.54, 1.807) is 12.3 Å². The van der Waals surface area contributed by atoms with Gasteiger partial charge in [-0.25, -0.2) is 4.39 Å². The number of hydrogen-bond acceptors (Lipinski definition) is 2. The molecular formula is C11H15ClFNOS. The summed E-state index contributed by atoms with van der Waals surface area (Å²) in [6.45, 7) is 2.51. The van der Waals surface area contributed by atoms with Crippen LogP contribution in [0.25, 0.3) is 0 Å². The van der Waals surface area contributed by atoms with Gasteiger partial charge < -0.3 is 5.32 Å². The minimum Gasteiger partial charge on any atom is -0.309 e. The van der Waals surface area contributed by atoms with Crippen molar-refractivity contribution in [3.63, 3.8) is 0 Å². The van der Waals surface area contributed by atoms with E-state index < -0.39 is 10.8 Å². The van der Waals surface area contributed by atoms with E-state index in [1.807, 2.05) is 6.92 Å². The topological polar surface area (TPSA) is 29.1 Å². The Labute approximate surface area is 103 Å². The van der Waals surface area contributed by atoms with Crippen LogP contribution in [-0.4, -0.2) is 22.3 Å². The van der Waals surface area contributed by atoms with E-state index >= 15 is 0 Å². The number of benzene rings is 1. The first kappa shape index (κ1) is 13.6. The van der Waals surface area contributed by atoms with Crippen molar-refractivity contribution in [3.8, 4) is 0 Å². The van der Waals surface area contributed by atoms with E-state index in [2.05, 4.69) is 5.32 Å². The summed E-state index contributed by atoms with van der Waals surface area (Å²) in [4.78, 5) is 0. The second kappa shape index (κ2) is 6.33. The molecule has 16 heavy (non-hydrogen) atoms. The van der Waals surface area contributed by atoms with E-state index in [0.717, 1.165) is 5.56 Å². The minimum atomic E-state index is -0.818. The highest BCUT2D eigenvalue weighted by atomic mass is 35.5. The van der Waals surface area contributed by atoms with Crippen molar-refractivity contribution in [2.24, 2.45) is 0 Å². The first-order chi connectivity index (χ1) is 7.49. The van der Waals surface area contributed by atoms with Crippen LogP contribution in [0.3, 0.4) is 0 Å². The number of halogens is 2. The first-order valence-corrected chi connectivity index (χ1v) is 7.07. The Balaban J connectivity index is 2.51. The summed E-state index contributed by atoms with van der Waals surface area (Å²) in [6.07, 6.45) is 1.67. The third kappa shape index (κ3) is 4.60. The van der Waals surface area contributed by atoms with Gasteiger partial charge in [0.1, 0.15) is 5.82 Å². The molecule has 0 bridgehead atoms. The van der Waals surface area contributed by atoms with Gasteiger partial charge in [0, 0.05) is 40.4 Å². The van der Waals surface area contributed by atoms with Crippen LogP contribution in [0.15, 0.2) is 18.2 Å². The summed E-state index contributed by atoms with van der Waals surface area (Å²) < 4.78 is 23.7.